The Hall–Kier alpha value is -4.33. The third-order valence-electron chi connectivity index (χ3n) is 6.13. The first-order valence-corrected chi connectivity index (χ1v) is 12.0. The number of hydrogen-bond acceptors (Lipinski definition) is 5. The van der Waals surface area contributed by atoms with Gasteiger partial charge in [-0.2, -0.15) is 0 Å². The van der Waals surface area contributed by atoms with Crippen molar-refractivity contribution in [2.24, 2.45) is 0 Å². The minimum Gasteiger partial charge on any atom is -0.465 e. The normalized spacial score (nSPS) is 11.3. The summed E-state index contributed by atoms with van der Waals surface area (Å²) in [7, 11) is 0. The molecule has 3 aromatic heterocycles. The molecule has 0 aliphatic carbocycles. The monoisotopic (exact) mass is 501 g/mol. The van der Waals surface area contributed by atoms with Crippen LogP contribution in [0.1, 0.15) is 47.9 Å². The molecule has 0 bridgehead atoms. The molecule has 37 heavy (non-hydrogen) atoms. The van der Waals surface area contributed by atoms with Crippen LogP contribution in [0.4, 0.5) is 8.78 Å². The Balaban J connectivity index is 1.71. The smallest absolute Gasteiger partial charge is 0.309 e. The molecule has 6 nitrogen and oxygen atoms in total. The Morgan fingerprint density at radius 2 is 1.81 bits per heavy atom. The maximum Gasteiger partial charge on any atom is 0.309 e. The molecule has 0 fully saturated rings. The third-order valence-corrected chi connectivity index (χ3v) is 6.13. The number of hydrogen-bond donors (Lipinski definition) is 0. The molecule has 0 aliphatic heterocycles. The van der Waals surface area contributed by atoms with Crippen molar-refractivity contribution in [1.29, 1.82) is 0 Å². The van der Waals surface area contributed by atoms with Gasteiger partial charge in [0.05, 0.1) is 17.8 Å². The lowest BCUT2D eigenvalue weighted by atomic mass is 10.1. The van der Waals surface area contributed by atoms with Gasteiger partial charge in [0.2, 0.25) is 5.88 Å². The van der Waals surface area contributed by atoms with Gasteiger partial charge in [-0.15, -0.1) is 0 Å². The summed E-state index contributed by atoms with van der Waals surface area (Å²) in [6.45, 7) is 5.31. The number of ether oxygens (including phenoxy) is 1. The van der Waals surface area contributed by atoms with Crippen molar-refractivity contribution in [3.8, 4) is 17.1 Å². The molecule has 3 heterocycles. The zero-order chi connectivity index (χ0) is 26.1. The van der Waals surface area contributed by atoms with E-state index in [1.807, 2.05) is 50.2 Å². The van der Waals surface area contributed by atoms with Crippen LogP contribution in [-0.4, -0.2) is 20.3 Å². The minimum atomic E-state index is -0.933. The topological polar surface area (TPSA) is 69.6 Å². The fraction of sp³-hybridized carbons (Fsp3) is 0.207. The van der Waals surface area contributed by atoms with E-state index in [0.29, 0.717) is 28.5 Å². The lowest BCUT2D eigenvalue weighted by Crippen LogP contribution is -2.07. The first-order chi connectivity index (χ1) is 17.8. The second-order valence-electron chi connectivity index (χ2n) is 8.83. The van der Waals surface area contributed by atoms with E-state index < -0.39 is 17.6 Å². The summed E-state index contributed by atoms with van der Waals surface area (Å²) >= 11 is 0. The zero-order valence-electron chi connectivity index (χ0n) is 20.7. The number of aryl methyl sites for hydroxylation is 2. The predicted octanol–water partition coefficient (Wildman–Crippen LogP) is 6.25. The Kier molecular flexibility index (Phi) is 6.56. The Morgan fingerprint density at radius 3 is 2.51 bits per heavy atom. The molecular weight excluding hydrogens is 476 g/mol. The van der Waals surface area contributed by atoms with Crippen molar-refractivity contribution >= 4 is 11.6 Å². The molecule has 0 aliphatic rings. The largest absolute Gasteiger partial charge is 0.465 e. The van der Waals surface area contributed by atoms with Crippen molar-refractivity contribution < 1.29 is 22.7 Å². The second-order valence-corrected chi connectivity index (χ2v) is 8.83. The molecule has 0 radical (unpaired) electrons. The van der Waals surface area contributed by atoms with Crippen molar-refractivity contribution in [2.45, 2.75) is 40.0 Å². The highest BCUT2D eigenvalue weighted by Gasteiger charge is 2.23. The molecule has 5 rings (SSSR count). The zero-order valence-corrected chi connectivity index (χ0v) is 20.7. The van der Waals surface area contributed by atoms with Gasteiger partial charge >= 0.3 is 5.97 Å². The maximum absolute atomic E-state index is 14.6. The molecule has 0 N–H and O–H groups in total. The van der Waals surface area contributed by atoms with Crippen molar-refractivity contribution in [1.82, 2.24) is 14.4 Å². The fourth-order valence-electron chi connectivity index (χ4n) is 4.42. The van der Waals surface area contributed by atoms with Gasteiger partial charge in [0.25, 0.3) is 0 Å². The van der Waals surface area contributed by atoms with Crippen LogP contribution in [0.25, 0.3) is 16.9 Å². The molecule has 8 heteroatoms. The number of imidazole rings is 1. The SMILES string of the molecule is CCc1oc(Cc2nc3c(Cc4cccc(F)c4F)nc(-c4ccccc4)cn3c2OC(C)=O)cc1C. The van der Waals surface area contributed by atoms with Crippen molar-refractivity contribution in [3.63, 3.8) is 0 Å². The summed E-state index contributed by atoms with van der Waals surface area (Å²) in [5, 5.41) is 0. The van der Waals surface area contributed by atoms with Crippen LogP contribution in [0, 0.1) is 18.6 Å². The average Bonchev–Trinajstić information content (AvgIpc) is 3.41. The number of esters is 1. The first kappa shape index (κ1) is 24.4. The average molecular weight is 502 g/mol. The van der Waals surface area contributed by atoms with Crippen LogP contribution >= 0.6 is 0 Å². The van der Waals surface area contributed by atoms with Gasteiger partial charge < -0.3 is 9.15 Å². The Labute approximate surface area is 212 Å². The Bertz CT molecular complexity index is 1610. The van der Waals surface area contributed by atoms with Crippen molar-refractivity contribution in [3.05, 3.63) is 106 Å². The minimum absolute atomic E-state index is 0.0103. The summed E-state index contributed by atoms with van der Waals surface area (Å²) < 4.78 is 41.8. The van der Waals surface area contributed by atoms with Crippen LogP contribution in [0.3, 0.4) is 0 Å². The van der Waals surface area contributed by atoms with E-state index in [-0.39, 0.29) is 24.3 Å². The van der Waals surface area contributed by atoms with E-state index in [9.17, 15) is 13.6 Å². The molecule has 188 valence electrons. The molecule has 2 aromatic carbocycles. The molecular formula is C29H25F2N3O3. The lowest BCUT2D eigenvalue weighted by molar-refractivity contribution is -0.132. The Morgan fingerprint density at radius 1 is 1.03 bits per heavy atom. The van der Waals surface area contributed by atoms with Crippen LogP contribution in [-0.2, 0) is 24.1 Å². The van der Waals surface area contributed by atoms with Crippen molar-refractivity contribution in [2.75, 3.05) is 0 Å². The number of carbonyl (C=O) groups is 1. The third kappa shape index (κ3) is 4.87. The van der Waals surface area contributed by atoms with Gasteiger partial charge in [-0.3, -0.25) is 9.20 Å². The summed E-state index contributed by atoms with van der Waals surface area (Å²) in [6.07, 6.45) is 2.75. The number of furan rings is 1. The molecule has 0 saturated heterocycles. The molecule has 0 unspecified atom stereocenters. The number of aromatic nitrogens is 3. The van der Waals surface area contributed by atoms with Crippen LogP contribution in [0.5, 0.6) is 5.88 Å². The number of carbonyl (C=O) groups excluding carboxylic acids is 1. The lowest BCUT2D eigenvalue weighted by Gasteiger charge is -2.10. The quantitative estimate of drug-likeness (QED) is 0.247. The summed E-state index contributed by atoms with van der Waals surface area (Å²) in [6, 6.07) is 15.4. The van der Waals surface area contributed by atoms with E-state index in [1.165, 1.54) is 19.1 Å². The van der Waals surface area contributed by atoms with E-state index in [0.717, 1.165) is 29.4 Å². The van der Waals surface area contributed by atoms with Gasteiger partial charge in [0.15, 0.2) is 17.3 Å². The molecule has 0 spiro atoms. The van der Waals surface area contributed by atoms with E-state index in [4.69, 9.17) is 19.1 Å². The number of nitrogens with zero attached hydrogens (tertiary/aromatic N) is 3. The predicted molar refractivity (Wildman–Crippen MR) is 135 cm³/mol. The summed E-state index contributed by atoms with van der Waals surface area (Å²) in [4.78, 5) is 21.6. The standard InChI is InChI=1S/C29H25F2N3O3/c1-4-26-17(2)13-21(37-26)15-24-29(36-18(3)35)34-16-25(19-9-6-5-7-10-19)32-23(28(34)33-24)14-20-11-8-12-22(30)27(20)31/h5-13,16H,4,14-15H2,1-3H3. The highest BCUT2D eigenvalue weighted by molar-refractivity contribution is 5.71. The highest BCUT2D eigenvalue weighted by atomic mass is 19.2. The summed E-state index contributed by atoms with van der Waals surface area (Å²) in [5.41, 5.74) is 3.82. The van der Waals surface area contributed by atoms with Crippen LogP contribution in [0.2, 0.25) is 0 Å². The summed E-state index contributed by atoms with van der Waals surface area (Å²) in [5.74, 6) is -0.586. The number of benzene rings is 2. The number of fused-ring (bicyclic) bond motifs is 1. The molecule has 0 atom stereocenters. The first-order valence-electron chi connectivity index (χ1n) is 12.0. The number of rotatable bonds is 7. The van der Waals surface area contributed by atoms with Gasteiger partial charge in [0.1, 0.15) is 17.2 Å². The van der Waals surface area contributed by atoms with Gasteiger partial charge in [0, 0.05) is 31.5 Å². The van der Waals surface area contributed by atoms with Gasteiger partial charge in [-0.25, -0.2) is 18.7 Å². The van der Waals surface area contributed by atoms with Gasteiger partial charge in [-0.05, 0) is 30.2 Å². The number of halogens is 2. The van der Waals surface area contributed by atoms with Crippen LogP contribution in [0.15, 0.2) is 65.2 Å². The van der Waals surface area contributed by atoms with E-state index in [2.05, 4.69) is 0 Å². The van der Waals surface area contributed by atoms with E-state index in [1.54, 1.807) is 10.6 Å². The molecule has 0 saturated carbocycles. The fourth-order valence-corrected chi connectivity index (χ4v) is 4.42. The maximum atomic E-state index is 14.6. The molecule has 5 aromatic rings. The van der Waals surface area contributed by atoms with Gasteiger partial charge in [-0.1, -0.05) is 49.4 Å². The van der Waals surface area contributed by atoms with E-state index >= 15 is 0 Å². The van der Waals surface area contributed by atoms with Crippen LogP contribution < -0.4 is 4.74 Å². The molecule has 0 amide bonds. The second kappa shape index (κ2) is 9.97. The highest BCUT2D eigenvalue weighted by Crippen LogP contribution is 2.30.